The molecular formula is C15H30N2O2S. The summed E-state index contributed by atoms with van der Waals surface area (Å²) in [6.07, 6.45) is 5.83. The summed E-state index contributed by atoms with van der Waals surface area (Å²) in [5.41, 5.74) is 0.269. The fourth-order valence-electron chi connectivity index (χ4n) is 3.19. The van der Waals surface area contributed by atoms with Crippen LogP contribution in [0.4, 0.5) is 0 Å². The fraction of sp³-hybridized carbons (Fsp3) is 1.00. The van der Waals surface area contributed by atoms with E-state index in [4.69, 9.17) is 0 Å². The predicted octanol–water partition coefficient (Wildman–Crippen LogP) is 1.67. The molecule has 0 aromatic carbocycles. The molecule has 0 amide bonds. The number of hydrogen-bond acceptors (Lipinski definition) is 4. The Bertz CT molecular complexity index is 406. The monoisotopic (exact) mass is 302 g/mol. The molecule has 1 N–H and O–H groups in total. The molecule has 2 aliphatic rings. The molecule has 0 spiro atoms. The number of nitrogens with one attached hydrogen (secondary N) is 1. The topological polar surface area (TPSA) is 49.4 Å². The maximum absolute atomic E-state index is 11.7. The minimum atomic E-state index is -2.79. The summed E-state index contributed by atoms with van der Waals surface area (Å²) in [5, 5.41) is 3.66. The van der Waals surface area contributed by atoms with Crippen molar-refractivity contribution in [3.8, 4) is 0 Å². The van der Waals surface area contributed by atoms with Crippen LogP contribution in [0, 0.1) is 5.41 Å². The van der Waals surface area contributed by atoms with Gasteiger partial charge in [-0.2, -0.15) is 0 Å². The van der Waals surface area contributed by atoms with Gasteiger partial charge < -0.3 is 10.2 Å². The van der Waals surface area contributed by atoms with Gasteiger partial charge in [-0.3, -0.25) is 0 Å². The Balaban J connectivity index is 1.88. The van der Waals surface area contributed by atoms with Crippen LogP contribution in [0.2, 0.25) is 0 Å². The van der Waals surface area contributed by atoms with Gasteiger partial charge >= 0.3 is 0 Å². The van der Waals surface area contributed by atoms with Crippen molar-refractivity contribution in [2.24, 2.45) is 5.41 Å². The third kappa shape index (κ3) is 5.34. The highest BCUT2D eigenvalue weighted by molar-refractivity contribution is 7.91. The number of sulfone groups is 1. The Morgan fingerprint density at radius 3 is 2.65 bits per heavy atom. The molecule has 1 heterocycles. The lowest BCUT2D eigenvalue weighted by atomic mass is 9.84. The first kappa shape index (κ1) is 16.2. The van der Waals surface area contributed by atoms with Crippen molar-refractivity contribution in [3.05, 3.63) is 0 Å². The van der Waals surface area contributed by atoms with E-state index < -0.39 is 9.84 Å². The molecule has 5 heteroatoms. The Morgan fingerprint density at radius 1 is 1.25 bits per heavy atom. The quantitative estimate of drug-likeness (QED) is 0.777. The van der Waals surface area contributed by atoms with Gasteiger partial charge in [-0.15, -0.1) is 0 Å². The van der Waals surface area contributed by atoms with E-state index in [-0.39, 0.29) is 5.41 Å². The lowest BCUT2D eigenvalue weighted by Gasteiger charge is -2.35. The summed E-state index contributed by atoms with van der Waals surface area (Å²) in [6, 6.07) is 0.746. The summed E-state index contributed by atoms with van der Waals surface area (Å²) in [7, 11) is -2.79. The van der Waals surface area contributed by atoms with E-state index in [2.05, 4.69) is 24.1 Å². The molecule has 4 nitrogen and oxygen atoms in total. The SMILES string of the molecule is CCCC(C)(CNC1CC1)CN1CCCS(=O)(=O)CC1. The van der Waals surface area contributed by atoms with Crippen LogP contribution in [-0.2, 0) is 9.84 Å². The van der Waals surface area contributed by atoms with Crippen molar-refractivity contribution in [1.82, 2.24) is 10.2 Å². The normalized spacial score (nSPS) is 26.9. The second kappa shape index (κ2) is 6.75. The van der Waals surface area contributed by atoms with Crippen molar-refractivity contribution >= 4 is 9.84 Å². The number of rotatable bonds is 7. The van der Waals surface area contributed by atoms with Gasteiger partial charge in [0.1, 0.15) is 0 Å². The Kier molecular flexibility index (Phi) is 5.49. The van der Waals surface area contributed by atoms with E-state index in [1.54, 1.807) is 0 Å². The van der Waals surface area contributed by atoms with Gasteiger partial charge in [0.15, 0.2) is 9.84 Å². The molecule has 0 radical (unpaired) electrons. The molecule has 1 unspecified atom stereocenters. The molecule has 1 saturated carbocycles. The maximum Gasteiger partial charge on any atom is 0.151 e. The average Bonchev–Trinajstić information content (AvgIpc) is 3.17. The van der Waals surface area contributed by atoms with E-state index >= 15 is 0 Å². The van der Waals surface area contributed by atoms with Crippen LogP contribution in [0.1, 0.15) is 46.0 Å². The summed E-state index contributed by atoms with van der Waals surface area (Å²) in [4.78, 5) is 2.37. The summed E-state index contributed by atoms with van der Waals surface area (Å²) >= 11 is 0. The number of nitrogens with zero attached hydrogens (tertiary/aromatic N) is 1. The zero-order valence-electron chi connectivity index (χ0n) is 13.0. The Hall–Kier alpha value is -0.130. The highest BCUT2D eigenvalue weighted by atomic mass is 32.2. The highest BCUT2D eigenvalue weighted by Gasteiger charge is 2.31. The van der Waals surface area contributed by atoms with Crippen molar-refractivity contribution in [3.63, 3.8) is 0 Å². The molecule has 1 saturated heterocycles. The first-order valence-corrected chi connectivity index (χ1v) is 9.91. The summed E-state index contributed by atoms with van der Waals surface area (Å²) in [5.74, 6) is 0.708. The lowest BCUT2D eigenvalue weighted by Crippen LogP contribution is -2.43. The van der Waals surface area contributed by atoms with Crippen LogP contribution in [-0.4, -0.2) is 57.0 Å². The molecule has 1 aliphatic heterocycles. The van der Waals surface area contributed by atoms with Gasteiger partial charge in [-0.25, -0.2) is 8.42 Å². The van der Waals surface area contributed by atoms with Gasteiger partial charge in [0.05, 0.1) is 11.5 Å². The van der Waals surface area contributed by atoms with Crippen molar-refractivity contribution < 1.29 is 8.42 Å². The first-order valence-electron chi connectivity index (χ1n) is 8.09. The number of hydrogen-bond donors (Lipinski definition) is 1. The highest BCUT2D eigenvalue weighted by Crippen LogP contribution is 2.27. The third-order valence-corrected chi connectivity index (χ3v) is 6.22. The largest absolute Gasteiger partial charge is 0.313 e. The molecule has 0 aromatic heterocycles. The van der Waals surface area contributed by atoms with Crippen LogP contribution < -0.4 is 5.32 Å². The summed E-state index contributed by atoms with van der Waals surface area (Å²) in [6.45, 7) is 8.32. The molecule has 20 heavy (non-hydrogen) atoms. The molecule has 1 aliphatic carbocycles. The molecule has 0 aromatic rings. The molecule has 0 bridgehead atoms. The smallest absolute Gasteiger partial charge is 0.151 e. The van der Waals surface area contributed by atoms with Gasteiger partial charge in [-0.1, -0.05) is 20.3 Å². The van der Waals surface area contributed by atoms with Crippen LogP contribution in [0.3, 0.4) is 0 Å². The van der Waals surface area contributed by atoms with E-state index in [1.807, 2.05) is 0 Å². The minimum Gasteiger partial charge on any atom is -0.313 e. The second-order valence-corrected chi connectivity index (χ2v) is 9.30. The standard InChI is InChI=1S/C15H30N2O2S/c1-3-7-15(2,12-16-14-5-6-14)13-17-8-4-10-20(18,19)11-9-17/h14,16H,3-13H2,1-2H3. The zero-order valence-corrected chi connectivity index (χ0v) is 13.8. The minimum absolute atomic E-state index is 0.269. The molecule has 2 fully saturated rings. The second-order valence-electron chi connectivity index (χ2n) is 7.00. The van der Waals surface area contributed by atoms with Gasteiger partial charge in [0.2, 0.25) is 0 Å². The van der Waals surface area contributed by atoms with Crippen LogP contribution >= 0.6 is 0 Å². The Morgan fingerprint density at radius 2 is 2.00 bits per heavy atom. The maximum atomic E-state index is 11.7. The van der Waals surface area contributed by atoms with E-state index in [9.17, 15) is 8.42 Å². The van der Waals surface area contributed by atoms with E-state index in [0.29, 0.717) is 18.1 Å². The van der Waals surface area contributed by atoms with Gasteiger partial charge in [0, 0.05) is 25.7 Å². The third-order valence-electron chi connectivity index (χ3n) is 4.50. The fourth-order valence-corrected chi connectivity index (χ4v) is 4.50. The van der Waals surface area contributed by atoms with Crippen LogP contribution in [0.25, 0.3) is 0 Å². The van der Waals surface area contributed by atoms with Crippen molar-refractivity contribution in [2.45, 2.75) is 52.0 Å². The van der Waals surface area contributed by atoms with Crippen molar-refractivity contribution in [2.75, 3.05) is 37.7 Å². The molecular weight excluding hydrogens is 272 g/mol. The van der Waals surface area contributed by atoms with Gasteiger partial charge in [0.25, 0.3) is 0 Å². The summed E-state index contributed by atoms with van der Waals surface area (Å²) < 4.78 is 23.4. The van der Waals surface area contributed by atoms with E-state index in [1.165, 1.54) is 25.7 Å². The van der Waals surface area contributed by atoms with Crippen LogP contribution in [0.5, 0.6) is 0 Å². The van der Waals surface area contributed by atoms with E-state index in [0.717, 1.165) is 32.1 Å². The zero-order chi connectivity index (χ0) is 14.6. The lowest BCUT2D eigenvalue weighted by molar-refractivity contribution is 0.156. The Labute approximate surface area is 124 Å². The molecule has 1 atom stereocenters. The van der Waals surface area contributed by atoms with Gasteiger partial charge in [-0.05, 0) is 37.6 Å². The first-order chi connectivity index (χ1) is 9.42. The van der Waals surface area contributed by atoms with Crippen molar-refractivity contribution in [1.29, 1.82) is 0 Å². The molecule has 2 rings (SSSR count). The van der Waals surface area contributed by atoms with Crippen LogP contribution in [0.15, 0.2) is 0 Å². The molecule has 118 valence electrons. The average molecular weight is 302 g/mol. The predicted molar refractivity (Wildman–Crippen MR) is 83.8 cm³/mol.